The van der Waals surface area contributed by atoms with E-state index in [2.05, 4.69) is 85.1 Å². The number of hydrogen-bond acceptors (Lipinski definition) is 3. The molecule has 2 aromatic heterocycles. The van der Waals surface area contributed by atoms with Gasteiger partial charge in [0.25, 0.3) is 0 Å². The molecule has 1 aromatic carbocycles. The number of likely N-dealkylation sites (tertiary alicyclic amines) is 1. The van der Waals surface area contributed by atoms with Gasteiger partial charge in [-0.3, -0.25) is 4.98 Å². The summed E-state index contributed by atoms with van der Waals surface area (Å²) in [6, 6.07) is 11.4. The predicted molar refractivity (Wildman–Crippen MR) is 134 cm³/mol. The van der Waals surface area contributed by atoms with Crippen molar-refractivity contribution in [3.05, 3.63) is 53.3 Å². The molecule has 2 N–H and O–H groups in total. The number of hydrogen-bond donors (Lipinski definition) is 2. The van der Waals surface area contributed by atoms with Gasteiger partial charge in [-0.25, -0.2) is 0 Å². The number of aryl methyl sites for hydroxylation is 1. The summed E-state index contributed by atoms with van der Waals surface area (Å²) in [6.07, 6.45) is 4.60. The van der Waals surface area contributed by atoms with E-state index in [9.17, 15) is 0 Å². The Kier molecular flexibility index (Phi) is 5.42. The van der Waals surface area contributed by atoms with Crippen LogP contribution in [0.2, 0.25) is 0 Å². The number of H-pyrrole nitrogens is 1. The molecule has 0 aliphatic carbocycles. The molecular formula is C28H38N4. The summed E-state index contributed by atoms with van der Waals surface area (Å²) in [5, 5.41) is 4.89. The first-order chi connectivity index (χ1) is 15.3. The molecule has 3 aromatic rings. The normalized spacial score (nSPS) is 19.1. The second-order valence-corrected chi connectivity index (χ2v) is 11.3. The number of piperidine rings is 1. The molecule has 4 heteroatoms. The van der Waals surface area contributed by atoms with Crippen LogP contribution in [0.3, 0.4) is 0 Å². The number of nitrogens with one attached hydrogen (secondary N) is 2. The third-order valence-electron chi connectivity index (χ3n) is 7.78. The van der Waals surface area contributed by atoms with Gasteiger partial charge < -0.3 is 15.2 Å². The Morgan fingerprint density at radius 1 is 1.09 bits per heavy atom. The molecule has 0 bridgehead atoms. The smallest absolute Gasteiger partial charge is 0.0501 e. The molecule has 0 saturated carbocycles. The van der Waals surface area contributed by atoms with Crippen LogP contribution < -0.4 is 5.32 Å². The zero-order valence-corrected chi connectivity index (χ0v) is 20.4. The van der Waals surface area contributed by atoms with Gasteiger partial charge in [0.05, 0.1) is 5.69 Å². The van der Waals surface area contributed by atoms with Crippen molar-refractivity contribution >= 4 is 10.9 Å². The minimum Gasteiger partial charge on any atom is -0.354 e. The third kappa shape index (κ3) is 3.88. The van der Waals surface area contributed by atoms with Crippen molar-refractivity contribution in [3.63, 3.8) is 0 Å². The lowest BCUT2D eigenvalue weighted by Gasteiger charge is -2.54. The molecule has 2 aliphatic heterocycles. The Morgan fingerprint density at radius 3 is 2.53 bits per heavy atom. The summed E-state index contributed by atoms with van der Waals surface area (Å²) in [7, 11) is 0. The minimum absolute atomic E-state index is 0.127. The molecule has 2 fully saturated rings. The van der Waals surface area contributed by atoms with Gasteiger partial charge in [-0.05, 0) is 79.6 Å². The van der Waals surface area contributed by atoms with Crippen molar-refractivity contribution in [2.24, 2.45) is 5.41 Å². The molecule has 32 heavy (non-hydrogen) atoms. The first-order valence-electron chi connectivity index (χ1n) is 12.3. The van der Waals surface area contributed by atoms with Gasteiger partial charge in [0.15, 0.2) is 0 Å². The molecule has 0 radical (unpaired) electrons. The van der Waals surface area contributed by atoms with Crippen molar-refractivity contribution in [2.45, 2.75) is 58.8 Å². The number of fused-ring (bicyclic) bond motifs is 1. The Bertz CT molecular complexity index is 1110. The molecule has 2 aliphatic rings. The SMILES string of the molecule is Cc1cc(-c2[nH]c3ccc(C(C)(C)CN4CC5(CCNCC5)C4)cc3c2C(C)C)ccn1. The standard InChI is InChI=1S/C28H38N4/c1-19(2)25-23-15-22(6-7-24(23)31-26(25)21-8-11-30-20(3)14-21)27(4,5)16-32-17-28(18-32)9-12-29-13-10-28/h6-8,11,14-15,19,29,31H,9-10,12-13,16-18H2,1-5H3. The van der Waals surface area contributed by atoms with E-state index in [0.717, 1.165) is 12.2 Å². The Labute approximate surface area is 192 Å². The zero-order valence-electron chi connectivity index (χ0n) is 20.4. The fourth-order valence-corrected chi connectivity index (χ4v) is 6.10. The van der Waals surface area contributed by atoms with Crippen LogP contribution in [-0.4, -0.2) is 47.6 Å². The Balaban J connectivity index is 1.44. The number of nitrogens with zero attached hydrogens (tertiary/aromatic N) is 2. The van der Waals surface area contributed by atoms with Crippen molar-refractivity contribution in [1.29, 1.82) is 0 Å². The van der Waals surface area contributed by atoms with Crippen LogP contribution in [0.1, 0.15) is 63.3 Å². The van der Waals surface area contributed by atoms with E-state index in [1.165, 1.54) is 72.3 Å². The fraction of sp³-hybridized carbons (Fsp3) is 0.536. The van der Waals surface area contributed by atoms with Gasteiger partial charge in [0, 0.05) is 53.4 Å². The van der Waals surface area contributed by atoms with E-state index in [-0.39, 0.29) is 5.41 Å². The first-order valence-corrected chi connectivity index (χ1v) is 12.3. The first kappa shape index (κ1) is 21.7. The average Bonchev–Trinajstić information content (AvgIpc) is 3.12. The average molecular weight is 431 g/mol. The second kappa shape index (κ2) is 8.00. The van der Waals surface area contributed by atoms with E-state index >= 15 is 0 Å². The van der Waals surface area contributed by atoms with Crippen molar-refractivity contribution < 1.29 is 0 Å². The highest BCUT2D eigenvalue weighted by atomic mass is 15.2. The highest BCUT2D eigenvalue weighted by molar-refractivity contribution is 5.92. The van der Waals surface area contributed by atoms with Gasteiger partial charge in [-0.2, -0.15) is 0 Å². The predicted octanol–water partition coefficient (Wildman–Crippen LogP) is 5.62. The molecular weight excluding hydrogens is 392 g/mol. The van der Waals surface area contributed by atoms with Crippen LogP contribution in [0.15, 0.2) is 36.5 Å². The zero-order chi connectivity index (χ0) is 22.5. The lowest BCUT2D eigenvalue weighted by Crippen LogP contribution is -2.61. The monoisotopic (exact) mass is 430 g/mol. The molecule has 0 atom stereocenters. The summed E-state index contributed by atoms with van der Waals surface area (Å²) >= 11 is 0. The van der Waals surface area contributed by atoms with E-state index < -0.39 is 0 Å². The lowest BCUT2D eigenvalue weighted by molar-refractivity contribution is -0.0327. The van der Waals surface area contributed by atoms with Crippen LogP contribution in [0.4, 0.5) is 0 Å². The molecule has 4 heterocycles. The summed E-state index contributed by atoms with van der Waals surface area (Å²) < 4.78 is 0. The molecule has 1 spiro atoms. The molecule has 2 saturated heterocycles. The summed E-state index contributed by atoms with van der Waals surface area (Å²) in [5.74, 6) is 0.445. The topological polar surface area (TPSA) is 44.0 Å². The number of benzene rings is 1. The van der Waals surface area contributed by atoms with Crippen molar-refractivity contribution in [1.82, 2.24) is 20.2 Å². The molecule has 170 valence electrons. The molecule has 5 rings (SSSR count). The maximum Gasteiger partial charge on any atom is 0.0501 e. The van der Waals surface area contributed by atoms with Gasteiger partial charge in [0.2, 0.25) is 0 Å². The van der Waals surface area contributed by atoms with Gasteiger partial charge in [-0.1, -0.05) is 33.8 Å². The van der Waals surface area contributed by atoms with Crippen LogP contribution in [-0.2, 0) is 5.41 Å². The molecule has 4 nitrogen and oxygen atoms in total. The van der Waals surface area contributed by atoms with Gasteiger partial charge in [0.1, 0.15) is 0 Å². The highest BCUT2D eigenvalue weighted by Gasteiger charge is 2.44. The maximum absolute atomic E-state index is 4.39. The minimum atomic E-state index is 0.127. The van der Waals surface area contributed by atoms with Crippen molar-refractivity contribution in [3.8, 4) is 11.3 Å². The van der Waals surface area contributed by atoms with E-state index in [1.54, 1.807) is 0 Å². The maximum atomic E-state index is 4.39. The van der Waals surface area contributed by atoms with E-state index in [4.69, 9.17) is 0 Å². The van der Waals surface area contributed by atoms with E-state index in [1.807, 2.05) is 6.20 Å². The number of rotatable bonds is 5. The molecule has 0 amide bonds. The van der Waals surface area contributed by atoms with E-state index in [0.29, 0.717) is 11.3 Å². The van der Waals surface area contributed by atoms with Crippen LogP contribution in [0.25, 0.3) is 22.2 Å². The fourth-order valence-electron chi connectivity index (χ4n) is 6.10. The van der Waals surface area contributed by atoms with Crippen molar-refractivity contribution in [2.75, 3.05) is 32.7 Å². The van der Waals surface area contributed by atoms with Crippen LogP contribution in [0.5, 0.6) is 0 Å². The Morgan fingerprint density at radius 2 is 1.84 bits per heavy atom. The summed E-state index contributed by atoms with van der Waals surface area (Å²) in [4.78, 5) is 10.8. The van der Waals surface area contributed by atoms with Crippen LogP contribution >= 0.6 is 0 Å². The quantitative estimate of drug-likeness (QED) is 0.552. The number of pyridine rings is 1. The number of aromatic amines is 1. The Hall–Kier alpha value is -2.17. The number of aromatic nitrogens is 2. The molecule has 0 unspecified atom stereocenters. The third-order valence-corrected chi connectivity index (χ3v) is 7.78. The van der Waals surface area contributed by atoms with Gasteiger partial charge in [-0.15, -0.1) is 0 Å². The highest BCUT2D eigenvalue weighted by Crippen LogP contribution is 2.42. The second-order valence-electron chi connectivity index (χ2n) is 11.3. The summed E-state index contributed by atoms with van der Waals surface area (Å²) in [6.45, 7) is 17.6. The lowest BCUT2D eigenvalue weighted by atomic mass is 9.71. The van der Waals surface area contributed by atoms with Gasteiger partial charge >= 0.3 is 0 Å². The summed E-state index contributed by atoms with van der Waals surface area (Å²) in [5.41, 5.74) is 8.33. The van der Waals surface area contributed by atoms with Crippen LogP contribution in [0, 0.1) is 12.3 Å². The largest absolute Gasteiger partial charge is 0.354 e.